The zero-order valence-corrected chi connectivity index (χ0v) is 11.8. The lowest BCUT2D eigenvalue weighted by Gasteiger charge is -2.30. The zero-order chi connectivity index (χ0) is 13.1. The molecule has 18 heavy (non-hydrogen) atoms. The first-order chi connectivity index (χ1) is 8.58. The van der Waals surface area contributed by atoms with Crippen molar-refractivity contribution >= 4 is 5.70 Å². The number of rotatable bonds is 4. The van der Waals surface area contributed by atoms with Crippen LogP contribution in [0.2, 0.25) is 0 Å². The van der Waals surface area contributed by atoms with Gasteiger partial charge in [-0.3, -0.25) is 0 Å². The van der Waals surface area contributed by atoms with Gasteiger partial charge in [-0.2, -0.15) is 0 Å². The molecule has 0 spiro atoms. The lowest BCUT2D eigenvalue weighted by molar-refractivity contribution is 0.276. The monoisotopic (exact) mass is 244 g/mol. The summed E-state index contributed by atoms with van der Waals surface area (Å²) >= 11 is 0. The van der Waals surface area contributed by atoms with Crippen molar-refractivity contribution in [1.29, 1.82) is 0 Å². The van der Waals surface area contributed by atoms with Crippen molar-refractivity contribution in [2.75, 3.05) is 27.2 Å². The summed E-state index contributed by atoms with van der Waals surface area (Å²) in [4.78, 5) is 4.75. The second-order valence-corrected chi connectivity index (χ2v) is 5.56. The Morgan fingerprint density at radius 1 is 1.33 bits per heavy atom. The minimum atomic E-state index is 0.619. The molecule has 1 atom stereocenters. The van der Waals surface area contributed by atoms with Crippen LogP contribution < -0.4 is 0 Å². The molecule has 98 valence electrons. The number of aryl methyl sites for hydroxylation is 1. The molecule has 2 nitrogen and oxygen atoms in total. The molecular weight excluding hydrogens is 220 g/mol. The molecule has 1 unspecified atom stereocenters. The van der Waals surface area contributed by atoms with Crippen molar-refractivity contribution < 1.29 is 0 Å². The first-order valence-electron chi connectivity index (χ1n) is 6.75. The molecule has 0 N–H and O–H groups in total. The summed E-state index contributed by atoms with van der Waals surface area (Å²) in [6, 6.07) is 9.31. The average molecular weight is 244 g/mol. The molecule has 0 amide bonds. The molecule has 1 fully saturated rings. The predicted molar refractivity (Wildman–Crippen MR) is 78.5 cm³/mol. The van der Waals surface area contributed by atoms with Crippen LogP contribution in [-0.2, 0) is 0 Å². The molecule has 2 heteroatoms. The van der Waals surface area contributed by atoms with Crippen LogP contribution in [0.1, 0.15) is 24.0 Å². The highest BCUT2D eigenvalue weighted by Crippen LogP contribution is 2.27. The summed E-state index contributed by atoms with van der Waals surface area (Å²) < 4.78 is 0. The quantitative estimate of drug-likeness (QED) is 0.803. The van der Waals surface area contributed by atoms with Crippen molar-refractivity contribution in [2.24, 2.45) is 0 Å². The third-order valence-corrected chi connectivity index (χ3v) is 3.68. The molecule has 1 saturated heterocycles. The maximum atomic E-state index is 4.30. The van der Waals surface area contributed by atoms with Crippen molar-refractivity contribution in [3.05, 3.63) is 42.0 Å². The van der Waals surface area contributed by atoms with E-state index >= 15 is 0 Å². The zero-order valence-electron chi connectivity index (χ0n) is 11.8. The summed E-state index contributed by atoms with van der Waals surface area (Å²) in [5, 5.41) is 0. The van der Waals surface area contributed by atoms with E-state index in [4.69, 9.17) is 0 Å². The Kier molecular flexibility index (Phi) is 4.07. The van der Waals surface area contributed by atoms with Gasteiger partial charge < -0.3 is 9.80 Å². The molecule has 0 bridgehead atoms. The molecule has 1 aromatic carbocycles. The van der Waals surface area contributed by atoms with Gasteiger partial charge in [-0.1, -0.05) is 36.4 Å². The number of likely N-dealkylation sites (tertiary alicyclic amines) is 1. The number of hydrogen-bond acceptors (Lipinski definition) is 2. The highest BCUT2D eigenvalue weighted by molar-refractivity contribution is 5.62. The Morgan fingerprint density at radius 2 is 2.00 bits per heavy atom. The average Bonchev–Trinajstić information content (AvgIpc) is 2.76. The van der Waals surface area contributed by atoms with E-state index in [9.17, 15) is 0 Å². The minimum absolute atomic E-state index is 0.619. The van der Waals surface area contributed by atoms with Crippen LogP contribution in [0.15, 0.2) is 30.8 Å². The molecule has 1 aliphatic rings. The maximum absolute atomic E-state index is 4.30. The minimum Gasteiger partial charge on any atom is -0.367 e. The normalized spacial score (nSPS) is 19.6. The van der Waals surface area contributed by atoms with E-state index in [1.54, 1.807) is 0 Å². The molecule has 0 aromatic heterocycles. The van der Waals surface area contributed by atoms with E-state index in [2.05, 4.69) is 61.7 Å². The Morgan fingerprint density at radius 3 is 2.61 bits per heavy atom. The molecule has 2 rings (SSSR count). The summed E-state index contributed by atoms with van der Waals surface area (Å²) in [5.41, 5.74) is 3.74. The fourth-order valence-corrected chi connectivity index (χ4v) is 2.71. The molecule has 0 aliphatic carbocycles. The van der Waals surface area contributed by atoms with Crippen LogP contribution >= 0.6 is 0 Å². The van der Waals surface area contributed by atoms with Gasteiger partial charge in [-0.25, -0.2) is 0 Å². The van der Waals surface area contributed by atoms with E-state index in [1.807, 2.05) is 0 Å². The van der Waals surface area contributed by atoms with Gasteiger partial charge in [0.15, 0.2) is 0 Å². The number of hydrogen-bond donors (Lipinski definition) is 0. The van der Waals surface area contributed by atoms with Gasteiger partial charge in [0.25, 0.3) is 0 Å². The first kappa shape index (κ1) is 13.2. The molecule has 1 aliphatic heterocycles. The molecule has 0 radical (unpaired) electrons. The topological polar surface area (TPSA) is 6.48 Å². The third-order valence-electron chi connectivity index (χ3n) is 3.68. The lowest BCUT2D eigenvalue weighted by Crippen LogP contribution is -2.36. The van der Waals surface area contributed by atoms with Gasteiger partial charge >= 0.3 is 0 Å². The summed E-state index contributed by atoms with van der Waals surface area (Å²) in [7, 11) is 4.29. The summed E-state index contributed by atoms with van der Waals surface area (Å²) in [5.74, 6) is 0. The van der Waals surface area contributed by atoms with Gasteiger partial charge in [0.2, 0.25) is 0 Å². The standard InChI is InChI=1S/C16H24N2/c1-13-7-9-15(10-8-13)14(2)18-11-5-6-16(18)12-17(3)4/h7-10,16H,2,5-6,11-12H2,1,3-4H3. The molecule has 0 saturated carbocycles. The molecule has 1 aromatic rings. The summed E-state index contributed by atoms with van der Waals surface area (Å²) in [6.45, 7) is 8.68. The lowest BCUT2D eigenvalue weighted by atomic mass is 10.1. The molecule has 1 heterocycles. The second-order valence-electron chi connectivity index (χ2n) is 5.56. The van der Waals surface area contributed by atoms with Crippen molar-refractivity contribution in [3.8, 4) is 0 Å². The highest BCUT2D eigenvalue weighted by atomic mass is 15.2. The number of nitrogens with zero attached hydrogens (tertiary/aromatic N) is 2. The van der Waals surface area contributed by atoms with Crippen molar-refractivity contribution in [2.45, 2.75) is 25.8 Å². The first-order valence-corrected chi connectivity index (χ1v) is 6.75. The van der Waals surface area contributed by atoms with E-state index in [1.165, 1.54) is 29.7 Å². The number of benzene rings is 1. The molecular formula is C16H24N2. The van der Waals surface area contributed by atoms with E-state index in [0.29, 0.717) is 6.04 Å². The van der Waals surface area contributed by atoms with Crippen LogP contribution in [0.3, 0.4) is 0 Å². The fraction of sp³-hybridized carbons (Fsp3) is 0.500. The van der Waals surface area contributed by atoms with Gasteiger partial charge in [0.1, 0.15) is 0 Å². The van der Waals surface area contributed by atoms with Crippen LogP contribution in [0.5, 0.6) is 0 Å². The Labute approximate surface area is 111 Å². The van der Waals surface area contributed by atoms with Crippen LogP contribution in [0, 0.1) is 6.92 Å². The van der Waals surface area contributed by atoms with Crippen LogP contribution in [0.4, 0.5) is 0 Å². The van der Waals surface area contributed by atoms with E-state index in [-0.39, 0.29) is 0 Å². The Balaban J connectivity index is 2.10. The van der Waals surface area contributed by atoms with Crippen LogP contribution in [-0.4, -0.2) is 43.0 Å². The fourth-order valence-electron chi connectivity index (χ4n) is 2.71. The highest BCUT2D eigenvalue weighted by Gasteiger charge is 2.26. The van der Waals surface area contributed by atoms with Gasteiger partial charge in [0.05, 0.1) is 0 Å². The summed E-state index contributed by atoms with van der Waals surface area (Å²) in [6.07, 6.45) is 2.56. The van der Waals surface area contributed by atoms with Crippen molar-refractivity contribution in [1.82, 2.24) is 9.80 Å². The van der Waals surface area contributed by atoms with E-state index < -0.39 is 0 Å². The van der Waals surface area contributed by atoms with Crippen molar-refractivity contribution in [3.63, 3.8) is 0 Å². The predicted octanol–water partition coefficient (Wildman–Crippen LogP) is 2.99. The van der Waals surface area contributed by atoms with Crippen LogP contribution in [0.25, 0.3) is 5.70 Å². The Bertz CT molecular complexity index is 406. The van der Waals surface area contributed by atoms with E-state index in [0.717, 1.165) is 13.1 Å². The number of likely N-dealkylation sites (N-methyl/N-ethyl adjacent to an activating group) is 1. The van der Waals surface area contributed by atoms with Gasteiger partial charge in [-0.05, 0) is 39.4 Å². The Hall–Kier alpha value is -1.28. The SMILES string of the molecule is C=C(c1ccc(C)cc1)N1CCCC1CN(C)C. The largest absolute Gasteiger partial charge is 0.367 e. The van der Waals surface area contributed by atoms with Gasteiger partial charge in [-0.15, -0.1) is 0 Å². The third kappa shape index (κ3) is 2.94. The van der Waals surface area contributed by atoms with Gasteiger partial charge in [0, 0.05) is 24.8 Å². The smallest absolute Gasteiger partial charge is 0.0417 e. The maximum Gasteiger partial charge on any atom is 0.0417 e. The second kappa shape index (κ2) is 5.57.